The number of esters is 1. The Labute approximate surface area is 228 Å². The van der Waals surface area contributed by atoms with E-state index < -0.39 is 11.9 Å². The highest BCUT2D eigenvalue weighted by molar-refractivity contribution is 6.04. The summed E-state index contributed by atoms with van der Waals surface area (Å²) < 4.78 is 16.9. The monoisotopic (exact) mass is 527 g/mol. The van der Waals surface area contributed by atoms with E-state index in [0.29, 0.717) is 28.8 Å². The van der Waals surface area contributed by atoms with Gasteiger partial charge in [0.05, 0.1) is 19.8 Å². The molecule has 0 unspecified atom stereocenters. The van der Waals surface area contributed by atoms with Crippen molar-refractivity contribution in [2.24, 2.45) is 0 Å². The first-order valence-electron chi connectivity index (χ1n) is 13.2. The number of benzene rings is 2. The minimum absolute atomic E-state index is 0.0506. The molecule has 0 spiro atoms. The van der Waals surface area contributed by atoms with Crippen LogP contribution in [0.5, 0.6) is 11.5 Å². The zero-order chi connectivity index (χ0) is 27.5. The highest BCUT2D eigenvalue weighted by atomic mass is 16.5. The molecular formula is C32H33NO6. The number of nitrogens with one attached hydrogen (secondary N) is 1. The lowest BCUT2D eigenvalue weighted by Gasteiger charge is -2.37. The first kappa shape index (κ1) is 26.4. The van der Waals surface area contributed by atoms with Gasteiger partial charge in [-0.25, -0.2) is 4.79 Å². The molecule has 2 atom stereocenters. The molecule has 1 aliphatic heterocycles. The van der Waals surface area contributed by atoms with E-state index in [0.717, 1.165) is 41.2 Å². The Bertz CT molecular complexity index is 1430. The van der Waals surface area contributed by atoms with Crippen LogP contribution in [0, 0.1) is 0 Å². The summed E-state index contributed by atoms with van der Waals surface area (Å²) in [5.41, 5.74) is 4.77. The number of phenolic OH excluding ortho intramolecular Hbond substituents is 1. The van der Waals surface area contributed by atoms with Crippen molar-refractivity contribution in [2.75, 3.05) is 20.8 Å². The molecule has 0 saturated carbocycles. The molecule has 2 N–H and O–H groups in total. The second-order valence-corrected chi connectivity index (χ2v) is 10.0. The van der Waals surface area contributed by atoms with Crippen molar-refractivity contribution >= 4 is 11.8 Å². The zero-order valence-electron chi connectivity index (χ0n) is 22.5. The van der Waals surface area contributed by atoms with Gasteiger partial charge in [0.2, 0.25) is 0 Å². The third kappa shape index (κ3) is 5.21. The van der Waals surface area contributed by atoms with Crippen molar-refractivity contribution in [2.45, 2.75) is 44.4 Å². The van der Waals surface area contributed by atoms with Crippen LogP contribution in [0.4, 0.5) is 0 Å². The van der Waals surface area contributed by atoms with E-state index in [2.05, 4.69) is 5.32 Å². The highest BCUT2D eigenvalue weighted by Crippen LogP contribution is 2.47. The van der Waals surface area contributed by atoms with Gasteiger partial charge in [0.1, 0.15) is 23.9 Å². The average molecular weight is 528 g/mol. The summed E-state index contributed by atoms with van der Waals surface area (Å²) in [5, 5.41) is 13.7. The molecule has 0 aromatic heterocycles. The van der Waals surface area contributed by atoms with Crippen LogP contribution in [0.25, 0.3) is 0 Å². The quantitative estimate of drug-likeness (QED) is 0.456. The van der Waals surface area contributed by atoms with Gasteiger partial charge in [-0.05, 0) is 49.1 Å². The van der Waals surface area contributed by atoms with E-state index in [9.17, 15) is 14.7 Å². The number of carbonyl (C=O) groups is 2. The largest absolute Gasteiger partial charge is 0.508 e. The van der Waals surface area contributed by atoms with E-state index in [1.807, 2.05) is 49.4 Å². The summed E-state index contributed by atoms with van der Waals surface area (Å²) in [4.78, 5) is 27.5. The average Bonchev–Trinajstić information content (AvgIpc) is 2.95. The van der Waals surface area contributed by atoms with E-state index >= 15 is 0 Å². The van der Waals surface area contributed by atoms with Crippen LogP contribution < -0.4 is 10.1 Å². The van der Waals surface area contributed by atoms with Crippen LogP contribution in [0.3, 0.4) is 0 Å². The molecular weight excluding hydrogens is 494 g/mol. The van der Waals surface area contributed by atoms with Crippen LogP contribution in [-0.4, -0.2) is 37.7 Å². The van der Waals surface area contributed by atoms with Crippen molar-refractivity contribution < 1.29 is 28.9 Å². The molecule has 1 heterocycles. The van der Waals surface area contributed by atoms with E-state index in [1.54, 1.807) is 32.4 Å². The number of carbonyl (C=O) groups excluding carboxylic acids is 2. The number of dihydropyridines is 1. The maximum absolute atomic E-state index is 13.8. The number of aromatic hydroxyl groups is 1. The molecule has 202 valence electrons. The number of rotatable bonds is 7. The van der Waals surface area contributed by atoms with Crippen LogP contribution in [0.15, 0.2) is 94.6 Å². The molecule has 39 heavy (non-hydrogen) atoms. The highest BCUT2D eigenvalue weighted by Gasteiger charge is 2.42. The molecule has 0 fully saturated rings. The van der Waals surface area contributed by atoms with Gasteiger partial charge in [0, 0.05) is 47.2 Å². The van der Waals surface area contributed by atoms with Crippen molar-refractivity contribution in [3.63, 3.8) is 0 Å². The number of methoxy groups -OCH3 is 2. The Hall–Kier alpha value is -4.26. The molecule has 0 saturated heterocycles. The normalized spacial score (nSPS) is 20.9. The number of ether oxygens (including phenoxy) is 3. The van der Waals surface area contributed by atoms with Gasteiger partial charge >= 0.3 is 5.97 Å². The summed E-state index contributed by atoms with van der Waals surface area (Å²) in [5.74, 6) is 0.325. The van der Waals surface area contributed by atoms with Gasteiger partial charge in [-0.3, -0.25) is 4.79 Å². The van der Waals surface area contributed by atoms with E-state index in [1.165, 1.54) is 0 Å². The molecule has 5 rings (SSSR count). The van der Waals surface area contributed by atoms with Crippen molar-refractivity contribution in [1.29, 1.82) is 0 Å². The zero-order valence-corrected chi connectivity index (χ0v) is 22.5. The summed E-state index contributed by atoms with van der Waals surface area (Å²) in [6.07, 6.45) is 6.46. The van der Waals surface area contributed by atoms with E-state index in [-0.39, 0.29) is 30.5 Å². The summed E-state index contributed by atoms with van der Waals surface area (Å²) >= 11 is 0. The fraction of sp³-hybridized carbons (Fsp3) is 0.312. The first-order chi connectivity index (χ1) is 18.9. The molecule has 2 aromatic carbocycles. The van der Waals surface area contributed by atoms with Gasteiger partial charge in [0.25, 0.3) is 0 Å². The lowest BCUT2D eigenvalue weighted by atomic mass is 9.71. The number of Topliss-reactive ketones (excluding diaryl/α,β-unsaturated/α-hetero) is 1. The fourth-order valence-electron chi connectivity index (χ4n) is 5.85. The van der Waals surface area contributed by atoms with Crippen molar-refractivity contribution in [3.8, 4) is 11.5 Å². The Morgan fingerprint density at radius 3 is 2.67 bits per heavy atom. The number of hydrogen-bond donors (Lipinski definition) is 2. The van der Waals surface area contributed by atoms with Crippen LogP contribution in [0.1, 0.15) is 55.6 Å². The Kier molecular flexibility index (Phi) is 7.59. The van der Waals surface area contributed by atoms with Crippen LogP contribution >= 0.6 is 0 Å². The summed E-state index contributed by atoms with van der Waals surface area (Å²) in [7, 11) is 3.25. The third-order valence-electron chi connectivity index (χ3n) is 7.65. The summed E-state index contributed by atoms with van der Waals surface area (Å²) in [6, 6.07) is 14.5. The van der Waals surface area contributed by atoms with Gasteiger partial charge in [-0.15, -0.1) is 0 Å². The number of ketones is 1. The standard InChI is InChI=1S/C32H33NO6/c1-19-29(32(36)39-18-21-9-4-6-13-27(21)37-2)30(20-10-8-11-23(34)15-20)31-25(33-19)16-22(17-26(31)35)24-12-5-7-14-28(24)38-3/h4-5,7-12,14-15,22,30,33-34H,6,13,16-18H2,1-3H3/t22-,30-/m1/s1. The molecule has 7 heteroatoms. The van der Waals surface area contributed by atoms with Crippen LogP contribution in [-0.2, 0) is 19.1 Å². The summed E-state index contributed by atoms with van der Waals surface area (Å²) in [6.45, 7) is 1.89. The Balaban J connectivity index is 1.51. The molecule has 2 aliphatic carbocycles. The minimum Gasteiger partial charge on any atom is -0.508 e. The molecule has 7 nitrogen and oxygen atoms in total. The second-order valence-electron chi connectivity index (χ2n) is 10.0. The van der Waals surface area contributed by atoms with Gasteiger partial charge in [-0.2, -0.15) is 0 Å². The predicted molar refractivity (Wildman–Crippen MR) is 147 cm³/mol. The molecule has 0 radical (unpaired) electrons. The lowest BCUT2D eigenvalue weighted by Crippen LogP contribution is -2.36. The Morgan fingerprint density at radius 1 is 1.08 bits per heavy atom. The van der Waals surface area contributed by atoms with Gasteiger partial charge in [-0.1, -0.05) is 42.5 Å². The Morgan fingerprint density at radius 2 is 1.90 bits per heavy atom. The molecule has 2 aromatic rings. The molecule has 0 bridgehead atoms. The fourth-order valence-corrected chi connectivity index (χ4v) is 5.85. The van der Waals surface area contributed by atoms with Gasteiger partial charge in [0.15, 0.2) is 5.78 Å². The van der Waals surface area contributed by atoms with Crippen molar-refractivity contribution in [1.82, 2.24) is 5.32 Å². The number of para-hydroxylation sites is 1. The van der Waals surface area contributed by atoms with Gasteiger partial charge < -0.3 is 24.6 Å². The van der Waals surface area contributed by atoms with Crippen LogP contribution in [0.2, 0.25) is 0 Å². The van der Waals surface area contributed by atoms with Crippen molar-refractivity contribution in [3.05, 3.63) is 106 Å². The maximum atomic E-state index is 13.8. The first-order valence-corrected chi connectivity index (χ1v) is 13.2. The number of phenols is 1. The molecule has 3 aliphatic rings. The maximum Gasteiger partial charge on any atom is 0.337 e. The minimum atomic E-state index is -0.662. The second kappa shape index (κ2) is 11.2. The third-order valence-corrected chi connectivity index (χ3v) is 7.65. The number of hydrogen-bond acceptors (Lipinski definition) is 7. The van der Waals surface area contributed by atoms with E-state index in [4.69, 9.17) is 14.2 Å². The predicted octanol–water partition coefficient (Wildman–Crippen LogP) is 5.56. The topological polar surface area (TPSA) is 94.1 Å². The lowest BCUT2D eigenvalue weighted by molar-refractivity contribution is -0.138. The SMILES string of the molecule is COC1=C(COC(=O)C2=C(C)NC3=C(C(=O)C[C@H](c4ccccc4OC)C3)[C@@H]2c2cccc(O)c2)C=CCC1. The number of allylic oxidation sites excluding steroid dienone is 5. The molecule has 0 amide bonds. The smallest absolute Gasteiger partial charge is 0.337 e.